The molecule has 1 fully saturated rings. The lowest BCUT2D eigenvalue weighted by molar-refractivity contribution is 0.102. The van der Waals surface area contributed by atoms with E-state index >= 15 is 0 Å². The molecule has 168 valence electrons. The summed E-state index contributed by atoms with van der Waals surface area (Å²) in [4.78, 5) is 12.9. The summed E-state index contributed by atoms with van der Waals surface area (Å²) in [5, 5.41) is 2.80. The van der Waals surface area contributed by atoms with Gasteiger partial charge in [-0.3, -0.25) is 4.79 Å². The smallest absolute Gasteiger partial charge is 0.255 e. The Morgan fingerprint density at radius 3 is 2.45 bits per heavy atom. The molecule has 2 aromatic carbocycles. The second-order valence-electron chi connectivity index (χ2n) is 7.28. The zero-order chi connectivity index (χ0) is 22.4. The summed E-state index contributed by atoms with van der Waals surface area (Å²) in [6.45, 7) is 2.58. The monoisotopic (exact) mass is 448 g/mol. The molecule has 0 radical (unpaired) electrons. The number of rotatable bonds is 11. The van der Waals surface area contributed by atoms with E-state index in [0.717, 1.165) is 25.7 Å². The minimum absolute atomic E-state index is 0.0631. The zero-order valence-corrected chi connectivity index (χ0v) is 18.8. The first-order chi connectivity index (χ1) is 14.9. The minimum Gasteiger partial charge on any atom is -0.497 e. The molecule has 2 N–H and O–H groups in total. The van der Waals surface area contributed by atoms with Gasteiger partial charge in [0.2, 0.25) is 10.0 Å². The van der Waals surface area contributed by atoms with E-state index in [9.17, 15) is 13.2 Å². The molecule has 31 heavy (non-hydrogen) atoms. The SMILES string of the molecule is CCCCOc1ccc(OC)cc1NC(=O)c1ccc(OC)c(S(=O)(=O)NC2CC2)c1. The highest BCUT2D eigenvalue weighted by atomic mass is 32.2. The van der Waals surface area contributed by atoms with E-state index < -0.39 is 15.9 Å². The van der Waals surface area contributed by atoms with Gasteiger partial charge in [-0.2, -0.15) is 0 Å². The van der Waals surface area contributed by atoms with Crippen LogP contribution >= 0.6 is 0 Å². The van der Waals surface area contributed by atoms with Crippen LogP contribution in [0.3, 0.4) is 0 Å². The number of hydrogen-bond donors (Lipinski definition) is 2. The van der Waals surface area contributed by atoms with Crippen LogP contribution in [0.4, 0.5) is 5.69 Å². The third-order valence-corrected chi connectivity index (χ3v) is 6.35. The largest absolute Gasteiger partial charge is 0.497 e. The predicted molar refractivity (Wildman–Crippen MR) is 118 cm³/mol. The average Bonchev–Trinajstić information content (AvgIpc) is 3.57. The minimum atomic E-state index is -3.80. The Balaban J connectivity index is 1.87. The normalized spacial score (nSPS) is 13.5. The summed E-state index contributed by atoms with van der Waals surface area (Å²) in [5.41, 5.74) is 0.621. The van der Waals surface area contributed by atoms with Crippen LogP contribution < -0.4 is 24.2 Å². The van der Waals surface area contributed by atoms with Gasteiger partial charge >= 0.3 is 0 Å². The maximum Gasteiger partial charge on any atom is 0.255 e. The number of unbranched alkanes of at least 4 members (excludes halogenated alkanes) is 1. The van der Waals surface area contributed by atoms with Crippen molar-refractivity contribution < 1.29 is 27.4 Å². The topological polar surface area (TPSA) is 103 Å². The highest BCUT2D eigenvalue weighted by molar-refractivity contribution is 7.89. The van der Waals surface area contributed by atoms with Crippen molar-refractivity contribution in [1.82, 2.24) is 4.72 Å². The van der Waals surface area contributed by atoms with Crippen LogP contribution in [0.5, 0.6) is 17.2 Å². The molecular formula is C22H28N2O6S. The fourth-order valence-electron chi connectivity index (χ4n) is 2.89. The fourth-order valence-corrected chi connectivity index (χ4v) is 4.39. The van der Waals surface area contributed by atoms with E-state index in [0.29, 0.717) is 23.8 Å². The number of methoxy groups -OCH3 is 2. The number of sulfonamides is 1. The molecule has 2 aromatic rings. The second-order valence-corrected chi connectivity index (χ2v) is 8.96. The molecule has 0 aliphatic heterocycles. The van der Waals surface area contributed by atoms with Gasteiger partial charge in [-0.1, -0.05) is 13.3 Å². The number of anilines is 1. The molecule has 0 unspecified atom stereocenters. The first-order valence-electron chi connectivity index (χ1n) is 10.2. The molecule has 3 rings (SSSR count). The van der Waals surface area contributed by atoms with Gasteiger partial charge in [-0.25, -0.2) is 13.1 Å². The van der Waals surface area contributed by atoms with Crippen LogP contribution in [-0.2, 0) is 10.0 Å². The number of hydrogen-bond acceptors (Lipinski definition) is 6. The standard InChI is InChI=1S/C22H28N2O6S/c1-4-5-12-30-19-11-9-17(28-2)14-18(19)23-22(25)15-6-10-20(29-3)21(13-15)31(26,27)24-16-7-8-16/h6,9-11,13-14,16,24H,4-5,7-8,12H2,1-3H3,(H,23,25). The molecule has 0 aromatic heterocycles. The van der Waals surface area contributed by atoms with Crippen molar-refractivity contribution in [3.05, 3.63) is 42.0 Å². The van der Waals surface area contributed by atoms with Crippen molar-refractivity contribution in [2.45, 2.75) is 43.5 Å². The van der Waals surface area contributed by atoms with E-state index in [1.807, 2.05) is 0 Å². The summed E-state index contributed by atoms with van der Waals surface area (Å²) in [5.74, 6) is 0.776. The quantitative estimate of drug-likeness (QED) is 0.510. The van der Waals surface area contributed by atoms with E-state index in [2.05, 4.69) is 17.0 Å². The van der Waals surface area contributed by atoms with Crippen LogP contribution in [0.2, 0.25) is 0 Å². The predicted octanol–water partition coefficient (Wildman–Crippen LogP) is 3.58. The number of carbonyl (C=O) groups is 1. The lowest BCUT2D eigenvalue weighted by atomic mass is 10.2. The fraction of sp³-hybridized carbons (Fsp3) is 0.409. The third kappa shape index (κ3) is 5.89. The Kier molecular flexibility index (Phi) is 7.40. The molecule has 8 nitrogen and oxygen atoms in total. The molecule has 1 saturated carbocycles. The summed E-state index contributed by atoms with van der Waals surface area (Å²) in [6, 6.07) is 9.38. The lowest BCUT2D eigenvalue weighted by Gasteiger charge is -2.15. The van der Waals surface area contributed by atoms with Gasteiger partial charge < -0.3 is 19.5 Å². The summed E-state index contributed by atoms with van der Waals surface area (Å²) >= 11 is 0. The maximum absolute atomic E-state index is 12.9. The first-order valence-corrected chi connectivity index (χ1v) is 11.7. The molecule has 0 heterocycles. The van der Waals surface area contributed by atoms with Crippen LogP contribution in [0, 0.1) is 0 Å². The van der Waals surface area contributed by atoms with Crippen molar-refractivity contribution in [3.63, 3.8) is 0 Å². The van der Waals surface area contributed by atoms with Crippen LogP contribution in [-0.4, -0.2) is 41.2 Å². The van der Waals surface area contributed by atoms with Crippen LogP contribution in [0.25, 0.3) is 0 Å². The van der Waals surface area contributed by atoms with Crippen molar-refractivity contribution in [3.8, 4) is 17.2 Å². The van der Waals surface area contributed by atoms with E-state index in [4.69, 9.17) is 14.2 Å². The Morgan fingerprint density at radius 2 is 1.81 bits per heavy atom. The molecule has 0 saturated heterocycles. The number of ether oxygens (including phenoxy) is 3. The molecule has 1 aliphatic carbocycles. The highest BCUT2D eigenvalue weighted by Gasteiger charge is 2.30. The molecular weight excluding hydrogens is 420 g/mol. The van der Waals surface area contributed by atoms with Crippen LogP contribution in [0.1, 0.15) is 43.0 Å². The van der Waals surface area contributed by atoms with Gasteiger partial charge in [0.25, 0.3) is 5.91 Å². The second kappa shape index (κ2) is 10.0. The molecule has 1 aliphatic rings. The van der Waals surface area contributed by atoms with Crippen molar-refractivity contribution in [1.29, 1.82) is 0 Å². The van der Waals surface area contributed by atoms with Gasteiger partial charge in [0.05, 0.1) is 26.5 Å². The van der Waals surface area contributed by atoms with E-state index in [1.54, 1.807) is 18.2 Å². The van der Waals surface area contributed by atoms with Gasteiger partial charge in [-0.05, 0) is 49.6 Å². The summed E-state index contributed by atoms with van der Waals surface area (Å²) < 4.78 is 44.3. The number of amides is 1. The zero-order valence-electron chi connectivity index (χ0n) is 17.9. The average molecular weight is 449 g/mol. The number of benzene rings is 2. The molecule has 0 bridgehead atoms. The van der Waals surface area contributed by atoms with E-state index in [1.165, 1.54) is 32.4 Å². The van der Waals surface area contributed by atoms with Crippen molar-refractivity contribution in [2.75, 3.05) is 26.1 Å². The summed E-state index contributed by atoms with van der Waals surface area (Å²) in [7, 11) is -0.878. The van der Waals surface area contributed by atoms with Gasteiger partial charge in [-0.15, -0.1) is 0 Å². The summed E-state index contributed by atoms with van der Waals surface area (Å²) in [6.07, 6.45) is 3.47. The highest BCUT2D eigenvalue weighted by Crippen LogP contribution is 2.31. The van der Waals surface area contributed by atoms with Gasteiger partial charge in [0, 0.05) is 17.7 Å². The van der Waals surface area contributed by atoms with E-state index in [-0.39, 0.29) is 22.3 Å². The Labute approximate surface area is 182 Å². The third-order valence-electron chi connectivity index (χ3n) is 4.80. The van der Waals surface area contributed by atoms with Crippen molar-refractivity contribution in [2.24, 2.45) is 0 Å². The Hall–Kier alpha value is -2.78. The number of nitrogens with one attached hydrogen (secondary N) is 2. The Bertz CT molecular complexity index is 1030. The Morgan fingerprint density at radius 1 is 1.06 bits per heavy atom. The molecule has 9 heteroatoms. The van der Waals surface area contributed by atoms with Crippen LogP contribution in [0.15, 0.2) is 41.3 Å². The molecule has 1 amide bonds. The molecule has 0 spiro atoms. The van der Waals surface area contributed by atoms with Gasteiger partial charge in [0.15, 0.2) is 0 Å². The van der Waals surface area contributed by atoms with Crippen molar-refractivity contribution >= 4 is 21.6 Å². The first kappa shape index (κ1) is 22.9. The molecule has 0 atom stereocenters. The lowest BCUT2D eigenvalue weighted by Crippen LogP contribution is -2.26. The van der Waals surface area contributed by atoms with Gasteiger partial charge in [0.1, 0.15) is 22.1 Å². The maximum atomic E-state index is 12.9. The number of carbonyl (C=O) groups excluding carboxylic acids is 1.